The molecule has 0 bridgehead atoms. The van der Waals surface area contributed by atoms with Gasteiger partial charge in [0.15, 0.2) is 0 Å². The van der Waals surface area contributed by atoms with E-state index in [1.54, 1.807) is 0 Å². The van der Waals surface area contributed by atoms with E-state index in [1.165, 1.54) is 0 Å². The fraction of sp³-hybridized carbons (Fsp3) is 0.562. The highest BCUT2D eigenvalue weighted by molar-refractivity contribution is 7.85. The smallest absolute Gasteiger partial charge is 0.224 e. The molecule has 110 valence electrons. The standard InChI is InChI=1S/C16H23NO2S/c1-3-5-11-17-14(4-2)15(12-16(17)18)20(19)13-9-7-6-8-10-13/h6-10,14-15H,3-5,11-12H2,1-2H3. The van der Waals surface area contributed by atoms with Gasteiger partial charge in [-0.3, -0.25) is 9.00 Å². The zero-order valence-electron chi connectivity index (χ0n) is 12.2. The van der Waals surface area contributed by atoms with E-state index in [1.807, 2.05) is 35.2 Å². The molecule has 1 aromatic rings. The second kappa shape index (κ2) is 7.02. The van der Waals surface area contributed by atoms with Gasteiger partial charge in [-0.25, -0.2) is 0 Å². The number of unbranched alkanes of at least 4 members (excludes halogenated alkanes) is 1. The molecule has 3 unspecified atom stereocenters. The summed E-state index contributed by atoms with van der Waals surface area (Å²) in [7, 11) is -1.10. The van der Waals surface area contributed by atoms with Gasteiger partial charge in [0.2, 0.25) is 5.91 Å². The number of hydrogen-bond acceptors (Lipinski definition) is 2. The first-order valence-electron chi connectivity index (χ1n) is 7.44. The Morgan fingerprint density at radius 2 is 1.95 bits per heavy atom. The van der Waals surface area contributed by atoms with Crippen molar-refractivity contribution in [3.63, 3.8) is 0 Å². The average Bonchev–Trinajstić information content (AvgIpc) is 2.81. The number of hydrogen-bond donors (Lipinski definition) is 0. The van der Waals surface area contributed by atoms with E-state index in [0.29, 0.717) is 6.42 Å². The Morgan fingerprint density at radius 3 is 2.55 bits per heavy atom. The van der Waals surface area contributed by atoms with Crippen molar-refractivity contribution in [1.29, 1.82) is 0 Å². The van der Waals surface area contributed by atoms with Gasteiger partial charge in [-0.2, -0.15) is 0 Å². The van der Waals surface area contributed by atoms with E-state index in [0.717, 1.165) is 30.7 Å². The van der Waals surface area contributed by atoms with Crippen molar-refractivity contribution in [3.05, 3.63) is 30.3 Å². The fourth-order valence-electron chi connectivity index (χ4n) is 2.86. The molecule has 1 aromatic carbocycles. The van der Waals surface area contributed by atoms with Crippen LogP contribution in [-0.4, -0.2) is 32.9 Å². The molecule has 20 heavy (non-hydrogen) atoms. The van der Waals surface area contributed by atoms with Gasteiger partial charge in [-0.1, -0.05) is 38.5 Å². The van der Waals surface area contributed by atoms with E-state index >= 15 is 0 Å². The molecule has 3 atom stereocenters. The van der Waals surface area contributed by atoms with Gasteiger partial charge < -0.3 is 4.90 Å². The summed E-state index contributed by atoms with van der Waals surface area (Å²) in [6.45, 7) is 5.01. The van der Waals surface area contributed by atoms with Gasteiger partial charge >= 0.3 is 0 Å². The lowest BCUT2D eigenvalue weighted by atomic mass is 10.1. The van der Waals surface area contributed by atoms with Crippen molar-refractivity contribution < 1.29 is 9.00 Å². The van der Waals surface area contributed by atoms with Crippen LogP contribution in [0.2, 0.25) is 0 Å². The second-order valence-electron chi connectivity index (χ2n) is 5.27. The Kier molecular flexibility index (Phi) is 5.35. The summed E-state index contributed by atoms with van der Waals surface area (Å²) in [4.78, 5) is 15.0. The van der Waals surface area contributed by atoms with E-state index in [2.05, 4.69) is 13.8 Å². The van der Waals surface area contributed by atoms with Gasteiger partial charge in [0.1, 0.15) is 0 Å². The van der Waals surface area contributed by atoms with Gasteiger partial charge in [0.25, 0.3) is 0 Å². The highest BCUT2D eigenvalue weighted by atomic mass is 32.2. The fourth-order valence-corrected chi connectivity index (χ4v) is 4.55. The van der Waals surface area contributed by atoms with Crippen molar-refractivity contribution in [2.24, 2.45) is 0 Å². The minimum Gasteiger partial charge on any atom is -0.338 e. The van der Waals surface area contributed by atoms with Crippen LogP contribution in [0, 0.1) is 0 Å². The Morgan fingerprint density at radius 1 is 1.25 bits per heavy atom. The summed E-state index contributed by atoms with van der Waals surface area (Å²) < 4.78 is 12.7. The lowest BCUT2D eigenvalue weighted by molar-refractivity contribution is -0.129. The Balaban J connectivity index is 2.16. The van der Waals surface area contributed by atoms with Crippen LogP contribution in [0.5, 0.6) is 0 Å². The molecule has 3 nitrogen and oxygen atoms in total. The molecule has 1 fully saturated rings. The van der Waals surface area contributed by atoms with Crippen molar-refractivity contribution in [2.45, 2.75) is 55.7 Å². The van der Waals surface area contributed by atoms with Crippen LogP contribution in [0.25, 0.3) is 0 Å². The highest BCUT2D eigenvalue weighted by Gasteiger charge is 2.41. The van der Waals surface area contributed by atoms with Crippen LogP contribution < -0.4 is 0 Å². The van der Waals surface area contributed by atoms with Crippen molar-refractivity contribution >= 4 is 16.7 Å². The SMILES string of the molecule is CCCCN1C(=O)CC(S(=O)c2ccccc2)C1CC. The molecule has 0 saturated carbocycles. The molecule has 0 aliphatic carbocycles. The molecule has 1 aliphatic heterocycles. The van der Waals surface area contributed by atoms with Crippen LogP contribution in [-0.2, 0) is 15.6 Å². The predicted molar refractivity (Wildman–Crippen MR) is 82.0 cm³/mol. The first-order valence-corrected chi connectivity index (χ1v) is 8.65. The minimum absolute atomic E-state index is 0.0632. The first-order chi connectivity index (χ1) is 9.69. The van der Waals surface area contributed by atoms with E-state index in [-0.39, 0.29) is 17.2 Å². The molecule has 0 spiro atoms. The van der Waals surface area contributed by atoms with Crippen LogP contribution in [0.1, 0.15) is 39.5 Å². The molecule has 1 saturated heterocycles. The van der Waals surface area contributed by atoms with Gasteiger partial charge in [0, 0.05) is 23.9 Å². The van der Waals surface area contributed by atoms with E-state index in [4.69, 9.17) is 0 Å². The molecule has 1 aliphatic rings. The van der Waals surface area contributed by atoms with Crippen LogP contribution in [0.4, 0.5) is 0 Å². The van der Waals surface area contributed by atoms with Gasteiger partial charge in [0.05, 0.1) is 16.0 Å². The number of carbonyl (C=O) groups is 1. The summed E-state index contributed by atoms with van der Waals surface area (Å²) in [6.07, 6.45) is 3.39. The summed E-state index contributed by atoms with van der Waals surface area (Å²) >= 11 is 0. The Labute approximate surface area is 123 Å². The molecule has 0 N–H and O–H groups in total. The first kappa shape index (κ1) is 15.2. The zero-order valence-corrected chi connectivity index (χ0v) is 13.1. The molecule has 1 amide bonds. The zero-order chi connectivity index (χ0) is 14.5. The number of amides is 1. The predicted octanol–water partition coefficient (Wildman–Crippen LogP) is 2.97. The topological polar surface area (TPSA) is 37.4 Å². The minimum atomic E-state index is -1.10. The van der Waals surface area contributed by atoms with Crippen LogP contribution >= 0.6 is 0 Å². The molecule has 0 radical (unpaired) electrons. The molecular formula is C16H23NO2S. The lowest BCUT2D eigenvalue weighted by Gasteiger charge is -2.26. The number of benzene rings is 1. The van der Waals surface area contributed by atoms with E-state index in [9.17, 15) is 9.00 Å². The summed E-state index contributed by atoms with van der Waals surface area (Å²) in [5.41, 5.74) is 0. The third-order valence-corrected chi connectivity index (χ3v) is 5.71. The summed E-state index contributed by atoms with van der Waals surface area (Å²) in [6, 6.07) is 9.63. The molecule has 4 heteroatoms. The number of likely N-dealkylation sites (tertiary alicyclic amines) is 1. The van der Waals surface area contributed by atoms with Gasteiger partial charge in [-0.15, -0.1) is 0 Å². The third kappa shape index (κ3) is 3.11. The number of nitrogens with zero attached hydrogens (tertiary/aromatic N) is 1. The maximum atomic E-state index is 12.7. The van der Waals surface area contributed by atoms with Crippen LogP contribution in [0.15, 0.2) is 35.2 Å². The maximum Gasteiger partial charge on any atom is 0.224 e. The van der Waals surface area contributed by atoms with Gasteiger partial charge in [-0.05, 0) is 25.0 Å². The molecular weight excluding hydrogens is 270 g/mol. The van der Waals surface area contributed by atoms with Crippen LogP contribution in [0.3, 0.4) is 0 Å². The monoisotopic (exact) mass is 293 g/mol. The summed E-state index contributed by atoms with van der Waals surface area (Å²) in [5, 5.41) is -0.0632. The highest BCUT2D eigenvalue weighted by Crippen LogP contribution is 2.29. The third-order valence-electron chi connectivity index (χ3n) is 3.95. The van der Waals surface area contributed by atoms with Crippen molar-refractivity contribution in [2.75, 3.05) is 6.54 Å². The Hall–Kier alpha value is -1.16. The number of rotatable bonds is 6. The van der Waals surface area contributed by atoms with E-state index < -0.39 is 10.8 Å². The largest absolute Gasteiger partial charge is 0.338 e. The maximum absolute atomic E-state index is 12.7. The normalized spacial score (nSPS) is 24.1. The molecule has 0 aromatic heterocycles. The Bertz CT molecular complexity index is 475. The second-order valence-corrected chi connectivity index (χ2v) is 6.94. The average molecular weight is 293 g/mol. The number of carbonyl (C=O) groups excluding carboxylic acids is 1. The summed E-state index contributed by atoms with van der Waals surface area (Å²) in [5.74, 6) is 0.166. The van der Waals surface area contributed by atoms with Crippen molar-refractivity contribution in [1.82, 2.24) is 4.90 Å². The lowest BCUT2D eigenvalue weighted by Crippen LogP contribution is -2.38. The molecule has 1 heterocycles. The quantitative estimate of drug-likeness (QED) is 0.808. The van der Waals surface area contributed by atoms with Crippen molar-refractivity contribution in [3.8, 4) is 0 Å². The molecule has 2 rings (SSSR count).